The Morgan fingerprint density at radius 2 is 2.09 bits per heavy atom. The maximum absolute atomic E-state index is 12.7. The molecule has 2 aliphatic rings. The molecule has 0 aliphatic carbocycles. The van der Waals surface area contributed by atoms with Crippen LogP contribution in [-0.4, -0.2) is 45.0 Å². The van der Waals surface area contributed by atoms with Crippen LogP contribution < -0.4 is 5.14 Å². The van der Waals surface area contributed by atoms with Gasteiger partial charge in [0.2, 0.25) is 10.0 Å². The highest BCUT2D eigenvalue weighted by atomic mass is 79.9. The molecule has 2 atom stereocenters. The van der Waals surface area contributed by atoms with Crippen molar-refractivity contribution in [2.45, 2.75) is 23.8 Å². The predicted octanol–water partition coefficient (Wildman–Crippen LogP) is 1.35. The van der Waals surface area contributed by atoms with Gasteiger partial charge in [0.15, 0.2) is 0 Å². The van der Waals surface area contributed by atoms with E-state index in [0.29, 0.717) is 29.1 Å². The van der Waals surface area contributed by atoms with Crippen LogP contribution in [0.2, 0.25) is 0 Å². The van der Waals surface area contributed by atoms with Gasteiger partial charge < -0.3 is 9.64 Å². The van der Waals surface area contributed by atoms with Gasteiger partial charge in [0.25, 0.3) is 5.91 Å². The molecule has 120 valence electrons. The number of primary sulfonamides is 1. The number of nitrogens with two attached hydrogens (primary N) is 1. The number of benzene rings is 1. The minimum Gasteiger partial charge on any atom is -0.381 e. The van der Waals surface area contributed by atoms with Crippen LogP contribution in [-0.2, 0) is 14.8 Å². The Kier molecular flexibility index (Phi) is 4.28. The van der Waals surface area contributed by atoms with Gasteiger partial charge in [0, 0.05) is 35.1 Å². The molecule has 0 saturated carbocycles. The topological polar surface area (TPSA) is 89.7 Å². The van der Waals surface area contributed by atoms with E-state index >= 15 is 0 Å². The zero-order chi connectivity index (χ0) is 15.9. The van der Waals surface area contributed by atoms with E-state index in [1.165, 1.54) is 12.1 Å². The number of carbonyl (C=O) groups is 1. The largest absolute Gasteiger partial charge is 0.381 e. The van der Waals surface area contributed by atoms with Crippen LogP contribution in [0.3, 0.4) is 0 Å². The SMILES string of the molecule is NS(=O)(=O)c1cc(Br)cc(C(=O)N2CCC2C2CCOC2)c1. The second-order valence-electron chi connectivity index (χ2n) is 5.70. The number of halogens is 1. The van der Waals surface area contributed by atoms with Crippen molar-refractivity contribution in [3.8, 4) is 0 Å². The first-order chi connectivity index (χ1) is 10.4. The number of hydrogen-bond acceptors (Lipinski definition) is 4. The van der Waals surface area contributed by atoms with Gasteiger partial charge in [-0.1, -0.05) is 15.9 Å². The van der Waals surface area contributed by atoms with Crippen molar-refractivity contribution in [3.63, 3.8) is 0 Å². The highest BCUT2D eigenvalue weighted by Gasteiger charge is 2.39. The number of rotatable bonds is 3. The lowest BCUT2D eigenvalue weighted by atomic mass is 9.88. The van der Waals surface area contributed by atoms with E-state index < -0.39 is 10.0 Å². The second-order valence-corrected chi connectivity index (χ2v) is 8.18. The predicted molar refractivity (Wildman–Crippen MR) is 83.9 cm³/mol. The molecular formula is C14H17BrN2O4S. The monoisotopic (exact) mass is 388 g/mol. The molecule has 1 amide bonds. The summed E-state index contributed by atoms with van der Waals surface area (Å²) < 4.78 is 28.9. The van der Waals surface area contributed by atoms with Gasteiger partial charge in [0.1, 0.15) is 0 Å². The molecule has 6 nitrogen and oxygen atoms in total. The summed E-state index contributed by atoms with van der Waals surface area (Å²) >= 11 is 3.23. The third-order valence-electron chi connectivity index (χ3n) is 4.28. The lowest BCUT2D eigenvalue weighted by molar-refractivity contribution is 0.0277. The van der Waals surface area contributed by atoms with Crippen molar-refractivity contribution >= 4 is 31.9 Å². The minimum absolute atomic E-state index is 0.0634. The number of hydrogen-bond donors (Lipinski definition) is 1. The zero-order valence-corrected chi connectivity index (χ0v) is 14.3. The highest BCUT2D eigenvalue weighted by Crippen LogP contribution is 2.32. The first-order valence-electron chi connectivity index (χ1n) is 7.08. The summed E-state index contributed by atoms with van der Waals surface area (Å²) in [4.78, 5) is 14.4. The van der Waals surface area contributed by atoms with Gasteiger partial charge in [-0.05, 0) is 31.0 Å². The Labute approximate surface area is 137 Å². The molecule has 1 aromatic rings. The number of ether oxygens (including phenoxy) is 1. The molecule has 0 radical (unpaired) electrons. The van der Waals surface area contributed by atoms with Crippen molar-refractivity contribution < 1.29 is 17.9 Å². The Bertz CT molecular complexity index is 701. The summed E-state index contributed by atoms with van der Waals surface area (Å²) in [5, 5.41) is 5.15. The fraction of sp³-hybridized carbons (Fsp3) is 0.500. The molecule has 3 rings (SSSR count). The van der Waals surface area contributed by atoms with Gasteiger partial charge in [-0.2, -0.15) is 0 Å². The molecule has 2 heterocycles. The molecule has 0 bridgehead atoms. The average Bonchev–Trinajstić information content (AvgIpc) is 2.89. The number of carbonyl (C=O) groups excluding carboxylic acids is 1. The van der Waals surface area contributed by atoms with Gasteiger partial charge in [0.05, 0.1) is 11.5 Å². The number of likely N-dealkylation sites (tertiary alicyclic amines) is 1. The Balaban J connectivity index is 1.84. The van der Waals surface area contributed by atoms with Crippen molar-refractivity contribution in [2.75, 3.05) is 19.8 Å². The minimum atomic E-state index is -3.85. The molecule has 2 aliphatic heterocycles. The van der Waals surface area contributed by atoms with Crippen LogP contribution in [0.15, 0.2) is 27.6 Å². The molecule has 8 heteroatoms. The Morgan fingerprint density at radius 3 is 2.64 bits per heavy atom. The van der Waals surface area contributed by atoms with E-state index in [9.17, 15) is 13.2 Å². The van der Waals surface area contributed by atoms with Crippen LogP contribution in [0.1, 0.15) is 23.2 Å². The van der Waals surface area contributed by atoms with Crippen molar-refractivity contribution in [3.05, 3.63) is 28.2 Å². The lowest BCUT2D eigenvalue weighted by Crippen LogP contribution is -2.54. The summed E-state index contributed by atoms with van der Waals surface area (Å²) in [5.74, 6) is 0.219. The van der Waals surface area contributed by atoms with Crippen LogP contribution in [0, 0.1) is 5.92 Å². The van der Waals surface area contributed by atoms with Crippen molar-refractivity contribution in [1.29, 1.82) is 0 Å². The summed E-state index contributed by atoms with van der Waals surface area (Å²) in [7, 11) is -3.85. The molecule has 0 spiro atoms. The van der Waals surface area contributed by atoms with E-state index in [2.05, 4.69) is 15.9 Å². The Morgan fingerprint density at radius 1 is 1.32 bits per heavy atom. The van der Waals surface area contributed by atoms with Gasteiger partial charge >= 0.3 is 0 Å². The standard InChI is InChI=1S/C14H17BrN2O4S/c15-11-5-10(6-12(7-11)22(16,19)20)14(18)17-3-1-13(17)9-2-4-21-8-9/h5-7,9,13H,1-4,8H2,(H2,16,19,20). The van der Waals surface area contributed by atoms with Crippen LogP contribution in [0.5, 0.6) is 0 Å². The molecule has 2 fully saturated rings. The fourth-order valence-corrected chi connectivity index (χ4v) is 4.25. The average molecular weight is 389 g/mol. The number of sulfonamides is 1. The fourth-order valence-electron chi connectivity index (χ4n) is 3.02. The van der Waals surface area contributed by atoms with E-state index in [1.54, 1.807) is 11.0 Å². The molecule has 2 N–H and O–H groups in total. The first-order valence-corrected chi connectivity index (χ1v) is 9.42. The summed E-state index contributed by atoms with van der Waals surface area (Å²) in [6, 6.07) is 4.54. The maximum atomic E-state index is 12.7. The van der Waals surface area contributed by atoms with E-state index in [1.807, 2.05) is 0 Å². The summed E-state index contributed by atoms with van der Waals surface area (Å²) in [6.07, 6.45) is 1.94. The third-order valence-corrected chi connectivity index (χ3v) is 5.63. The van der Waals surface area contributed by atoms with E-state index in [0.717, 1.165) is 19.4 Å². The van der Waals surface area contributed by atoms with E-state index in [4.69, 9.17) is 9.88 Å². The molecular weight excluding hydrogens is 372 g/mol. The van der Waals surface area contributed by atoms with Crippen LogP contribution in [0.25, 0.3) is 0 Å². The molecule has 1 aromatic carbocycles. The van der Waals surface area contributed by atoms with Crippen molar-refractivity contribution in [1.82, 2.24) is 4.90 Å². The zero-order valence-electron chi connectivity index (χ0n) is 11.9. The lowest BCUT2D eigenvalue weighted by Gasteiger charge is -2.44. The van der Waals surface area contributed by atoms with Crippen LogP contribution >= 0.6 is 15.9 Å². The molecule has 22 heavy (non-hydrogen) atoms. The smallest absolute Gasteiger partial charge is 0.254 e. The molecule has 2 saturated heterocycles. The van der Waals surface area contributed by atoms with E-state index in [-0.39, 0.29) is 16.8 Å². The summed E-state index contributed by atoms with van der Waals surface area (Å²) in [5.41, 5.74) is 0.335. The quantitative estimate of drug-likeness (QED) is 0.845. The normalized spacial score (nSPS) is 25.1. The number of nitrogens with zero attached hydrogens (tertiary/aromatic N) is 1. The van der Waals surface area contributed by atoms with Gasteiger partial charge in [-0.3, -0.25) is 4.79 Å². The first kappa shape index (κ1) is 15.9. The summed E-state index contributed by atoms with van der Waals surface area (Å²) in [6.45, 7) is 2.13. The molecule has 2 unspecified atom stereocenters. The van der Waals surface area contributed by atoms with Gasteiger partial charge in [-0.15, -0.1) is 0 Å². The van der Waals surface area contributed by atoms with Gasteiger partial charge in [-0.25, -0.2) is 13.6 Å². The number of amides is 1. The second kappa shape index (κ2) is 5.92. The third kappa shape index (κ3) is 3.05. The maximum Gasteiger partial charge on any atom is 0.254 e. The van der Waals surface area contributed by atoms with Crippen molar-refractivity contribution in [2.24, 2.45) is 11.1 Å². The molecule has 0 aromatic heterocycles. The highest BCUT2D eigenvalue weighted by molar-refractivity contribution is 9.10. The Hall–Kier alpha value is -0.960. The van der Waals surface area contributed by atoms with Crippen LogP contribution in [0.4, 0.5) is 0 Å².